The van der Waals surface area contributed by atoms with Crippen LogP contribution < -0.4 is 5.73 Å². The molecule has 0 bridgehead atoms. The summed E-state index contributed by atoms with van der Waals surface area (Å²) in [6.45, 7) is 3.93. The summed E-state index contributed by atoms with van der Waals surface area (Å²) in [5, 5.41) is 1.05. The zero-order chi connectivity index (χ0) is 9.59. The number of benzene rings is 1. The molecular formula is C10H10BrNO. The first kappa shape index (κ1) is 8.63. The van der Waals surface area contributed by atoms with Gasteiger partial charge in [0.2, 0.25) is 0 Å². The van der Waals surface area contributed by atoms with Gasteiger partial charge < -0.3 is 10.2 Å². The van der Waals surface area contributed by atoms with E-state index in [1.54, 1.807) is 0 Å². The second-order valence-electron chi connectivity index (χ2n) is 3.20. The molecule has 2 nitrogen and oxygen atoms in total. The molecule has 3 heteroatoms. The molecule has 0 unspecified atom stereocenters. The maximum Gasteiger partial charge on any atom is 0.158 e. The van der Waals surface area contributed by atoms with Crippen molar-refractivity contribution in [2.24, 2.45) is 0 Å². The van der Waals surface area contributed by atoms with Crippen LogP contribution in [0.2, 0.25) is 0 Å². The average Bonchev–Trinajstić information content (AvgIpc) is 2.44. The Labute approximate surface area is 84.8 Å². The lowest BCUT2D eigenvalue weighted by Crippen LogP contribution is -1.87. The maximum absolute atomic E-state index is 5.82. The van der Waals surface area contributed by atoms with Crippen molar-refractivity contribution < 1.29 is 4.42 Å². The van der Waals surface area contributed by atoms with Crippen LogP contribution >= 0.6 is 15.9 Å². The van der Waals surface area contributed by atoms with Gasteiger partial charge in [0.05, 0.1) is 5.69 Å². The third kappa shape index (κ3) is 1.23. The summed E-state index contributed by atoms with van der Waals surface area (Å²) in [5.74, 6) is 0.882. The smallest absolute Gasteiger partial charge is 0.158 e. The first-order valence-electron chi connectivity index (χ1n) is 4.04. The molecule has 2 aromatic rings. The van der Waals surface area contributed by atoms with Crippen molar-refractivity contribution in [3.63, 3.8) is 0 Å². The zero-order valence-electron chi connectivity index (χ0n) is 7.52. The van der Waals surface area contributed by atoms with Crippen LogP contribution in [0, 0.1) is 13.8 Å². The van der Waals surface area contributed by atoms with Crippen LogP contribution in [0.1, 0.15) is 11.3 Å². The third-order valence-corrected chi connectivity index (χ3v) is 3.12. The topological polar surface area (TPSA) is 39.2 Å². The molecule has 1 heterocycles. The summed E-state index contributed by atoms with van der Waals surface area (Å²) in [4.78, 5) is 0. The van der Waals surface area contributed by atoms with E-state index in [0.717, 1.165) is 26.8 Å². The molecule has 2 N–H and O–H groups in total. The minimum absolute atomic E-state index is 0.698. The molecule has 0 aliphatic carbocycles. The summed E-state index contributed by atoms with van der Waals surface area (Å²) in [7, 11) is 0. The summed E-state index contributed by atoms with van der Waals surface area (Å²) in [6, 6.07) is 3.90. The number of hydrogen-bond acceptors (Lipinski definition) is 2. The average molecular weight is 240 g/mol. The van der Waals surface area contributed by atoms with Gasteiger partial charge in [0.1, 0.15) is 5.76 Å². The summed E-state index contributed by atoms with van der Waals surface area (Å²) < 4.78 is 6.54. The van der Waals surface area contributed by atoms with Gasteiger partial charge in [-0.1, -0.05) is 0 Å². The van der Waals surface area contributed by atoms with Gasteiger partial charge >= 0.3 is 0 Å². The highest BCUT2D eigenvalue weighted by Gasteiger charge is 2.09. The minimum atomic E-state index is 0.698. The van der Waals surface area contributed by atoms with Crippen LogP contribution in [0.4, 0.5) is 5.69 Å². The van der Waals surface area contributed by atoms with Gasteiger partial charge in [0, 0.05) is 9.86 Å². The molecule has 13 heavy (non-hydrogen) atoms. The van der Waals surface area contributed by atoms with E-state index in [9.17, 15) is 0 Å². The fourth-order valence-corrected chi connectivity index (χ4v) is 1.88. The Hall–Kier alpha value is -0.960. The van der Waals surface area contributed by atoms with Crippen molar-refractivity contribution in [3.05, 3.63) is 27.9 Å². The highest BCUT2D eigenvalue weighted by Crippen LogP contribution is 2.33. The standard InChI is InChI=1S/C10H10BrNO/c1-5-3-8(12)10-7(9(5)11)4-6(2)13-10/h3-4H,12H2,1-2H3. The number of furan rings is 1. The van der Waals surface area contributed by atoms with E-state index in [1.807, 2.05) is 26.0 Å². The van der Waals surface area contributed by atoms with Crippen molar-refractivity contribution in [2.45, 2.75) is 13.8 Å². The summed E-state index contributed by atoms with van der Waals surface area (Å²) in [6.07, 6.45) is 0. The normalized spacial score (nSPS) is 11.0. The molecule has 0 fully saturated rings. The Bertz CT molecular complexity index is 473. The molecule has 0 spiro atoms. The van der Waals surface area contributed by atoms with Crippen molar-refractivity contribution in [3.8, 4) is 0 Å². The van der Waals surface area contributed by atoms with Gasteiger partial charge in [-0.3, -0.25) is 0 Å². The van der Waals surface area contributed by atoms with E-state index in [-0.39, 0.29) is 0 Å². The number of hydrogen-bond donors (Lipinski definition) is 1. The number of nitrogen functional groups attached to an aromatic ring is 1. The van der Waals surface area contributed by atoms with Crippen LogP contribution in [-0.4, -0.2) is 0 Å². The van der Waals surface area contributed by atoms with Crippen LogP contribution in [0.5, 0.6) is 0 Å². The minimum Gasteiger partial charge on any atom is -0.459 e. The van der Waals surface area contributed by atoms with E-state index in [0.29, 0.717) is 5.69 Å². The predicted octanol–water partition coefficient (Wildman–Crippen LogP) is 3.39. The van der Waals surface area contributed by atoms with Gasteiger partial charge in [0.15, 0.2) is 5.58 Å². The second-order valence-corrected chi connectivity index (χ2v) is 3.99. The second kappa shape index (κ2) is 2.77. The quantitative estimate of drug-likeness (QED) is 0.717. The van der Waals surface area contributed by atoms with E-state index in [1.165, 1.54) is 0 Å². The largest absolute Gasteiger partial charge is 0.459 e. The lowest BCUT2D eigenvalue weighted by atomic mass is 10.1. The molecular weight excluding hydrogens is 230 g/mol. The van der Waals surface area contributed by atoms with Crippen molar-refractivity contribution in [2.75, 3.05) is 5.73 Å². The van der Waals surface area contributed by atoms with Crippen LogP contribution in [0.15, 0.2) is 21.0 Å². The van der Waals surface area contributed by atoms with Crippen LogP contribution in [-0.2, 0) is 0 Å². The van der Waals surface area contributed by atoms with Gasteiger partial charge in [-0.15, -0.1) is 0 Å². The number of fused-ring (bicyclic) bond motifs is 1. The highest BCUT2D eigenvalue weighted by atomic mass is 79.9. The number of nitrogens with two attached hydrogens (primary N) is 1. The van der Waals surface area contributed by atoms with Crippen LogP contribution in [0.3, 0.4) is 0 Å². The third-order valence-electron chi connectivity index (χ3n) is 2.07. The molecule has 0 radical (unpaired) electrons. The Kier molecular flexibility index (Phi) is 1.84. The van der Waals surface area contributed by atoms with E-state index < -0.39 is 0 Å². The molecule has 1 aromatic heterocycles. The summed E-state index contributed by atoms with van der Waals surface area (Å²) >= 11 is 3.51. The fraction of sp³-hybridized carbons (Fsp3) is 0.200. The SMILES string of the molecule is Cc1cc2c(Br)c(C)cc(N)c2o1. The molecule has 0 aliphatic rings. The van der Waals surface area contributed by atoms with E-state index in [2.05, 4.69) is 15.9 Å². The van der Waals surface area contributed by atoms with Crippen molar-refractivity contribution in [1.29, 1.82) is 0 Å². The first-order valence-corrected chi connectivity index (χ1v) is 4.83. The molecule has 0 saturated carbocycles. The van der Waals surface area contributed by atoms with E-state index in [4.69, 9.17) is 10.2 Å². The van der Waals surface area contributed by atoms with E-state index >= 15 is 0 Å². The van der Waals surface area contributed by atoms with Gasteiger partial charge in [-0.25, -0.2) is 0 Å². The number of anilines is 1. The van der Waals surface area contributed by atoms with Crippen molar-refractivity contribution in [1.82, 2.24) is 0 Å². The Morgan fingerprint density at radius 2 is 2.00 bits per heavy atom. The first-order chi connectivity index (χ1) is 6.09. The van der Waals surface area contributed by atoms with Gasteiger partial charge in [-0.2, -0.15) is 0 Å². The highest BCUT2D eigenvalue weighted by molar-refractivity contribution is 9.10. The van der Waals surface area contributed by atoms with Gasteiger partial charge in [-0.05, 0) is 47.5 Å². The Balaban J connectivity index is 2.95. The number of halogens is 1. The maximum atomic E-state index is 5.82. The summed E-state index contributed by atoms with van der Waals surface area (Å²) in [5.41, 5.74) is 8.43. The molecule has 0 amide bonds. The predicted molar refractivity (Wildman–Crippen MR) is 57.8 cm³/mol. The molecule has 68 valence electrons. The Morgan fingerprint density at radius 3 is 2.69 bits per heavy atom. The molecule has 1 aromatic carbocycles. The number of rotatable bonds is 0. The van der Waals surface area contributed by atoms with Gasteiger partial charge in [0.25, 0.3) is 0 Å². The lowest BCUT2D eigenvalue weighted by Gasteiger charge is -2.01. The van der Waals surface area contributed by atoms with Crippen molar-refractivity contribution >= 4 is 32.6 Å². The zero-order valence-corrected chi connectivity index (χ0v) is 9.10. The monoisotopic (exact) mass is 239 g/mol. The fourth-order valence-electron chi connectivity index (χ4n) is 1.47. The molecule has 0 saturated heterocycles. The lowest BCUT2D eigenvalue weighted by molar-refractivity contribution is 0.579. The number of aryl methyl sites for hydroxylation is 2. The molecule has 0 aliphatic heterocycles. The van der Waals surface area contributed by atoms with Crippen LogP contribution in [0.25, 0.3) is 11.0 Å². The Morgan fingerprint density at radius 1 is 1.31 bits per heavy atom. The molecule has 2 rings (SSSR count). The molecule has 0 atom stereocenters.